The number of carbonyl (C=O) groups is 1. The SMILES string of the molecule is CCN(Cc1cccc(F)c1)C(=O)c1ccc2c(=O)n3c(nc2c1)CCCCCC3. The van der Waals surface area contributed by atoms with Crippen molar-refractivity contribution in [1.82, 2.24) is 14.5 Å². The number of hydrogen-bond donors (Lipinski definition) is 0. The second kappa shape index (κ2) is 8.78. The Morgan fingerprint density at radius 1 is 1.13 bits per heavy atom. The molecule has 2 aromatic carbocycles. The Labute approximate surface area is 175 Å². The Balaban J connectivity index is 1.67. The largest absolute Gasteiger partial charge is 0.335 e. The third-order valence-corrected chi connectivity index (χ3v) is 5.74. The number of fused-ring (bicyclic) bond motifs is 2. The Morgan fingerprint density at radius 3 is 2.77 bits per heavy atom. The van der Waals surface area contributed by atoms with Gasteiger partial charge in [0.2, 0.25) is 0 Å². The van der Waals surface area contributed by atoms with Crippen molar-refractivity contribution in [2.45, 2.75) is 52.1 Å². The van der Waals surface area contributed by atoms with Gasteiger partial charge in [-0.15, -0.1) is 0 Å². The molecule has 1 amide bonds. The van der Waals surface area contributed by atoms with Crippen LogP contribution in [-0.4, -0.2) is 26.9 Å². The number of benzene rings is 2. The van der Waals surface area contributed by atoms with E-state index < -0.39 is 0 Å². The molecule has 0 saturated carbocycles. The number of nitrogens with zero attached hydrogens (tertiary/aromatic N) is 3. The van der Waals surface area contributed by atoms with Gasteiger partial charge in [-0.2, -0.15) is 0 Å². The lowest BCUT2D eigenvalue weighted by molar-refractivity contribution is 0.0752. The van der Waals surface area contributed by atoms with Gasteiger partial charge in [0.25, 0.3) is 11.5 Å². The first-order chi connectivity index (χ1) is 14.6. The monoisotopic (exact) mass is 407 g/mol. The summed E-state index contributed by atoms with van der Waals surface area (Å²) < 4.78 is 15.3. The summed E-state index contributed by atoms with van der Waals surface area (Å²) in [7, 11) is 0. The van der Waals surface area contributed by atoms with Gasteiger partial charge in [0.15, 0.2) is 0 Å². The smallest absolute Gasteiger partial charge is 0.261 e. The molecule has 1 aliphatic rings. The molecular weight excluding hydrogens is 381 g/mol. The fourth-order valence-electron chi connectivity index (χ4n) is 4.09. The second-order valence-electron chi connectivity index (χ2n) is 7.83. The molecule has 2 heterocycles. The van der Waals surface area contributed by atoms with E-state index in [1.54, 1.807) is 39.8 Å². The Bertz CT molecular complexity index is 1140. The first-order valence-corrected chi connectivity index (χ1v) is 10.6. The van der Waals surface area contributed by atoms with Crippen molar-refractivity contribution in [3.05, 3.63) is 75.6 Å². The lowest BCUT2D eigenvalue weighted by Crippen LogP contribution is -2.30. The van der Waals surface area contributed by atoms with Gasteiger partial charge in [-0.3, -0.25) is 14.2 Å². The Hall–Kier alpha value is -3.02. The minimum atomic E-state index is -0.317. The highest BCUT2D eigenvalue weighted by Crippen LogP contribution is 2.18. The topological polar surface area (TPSA) is 55.2 Å². The summed E-state index contributed by atoms with van der Waals surface area (Å²) >= 11 is 0. The molecule has 156 valence electrons. The van der Waals surface area contributed by atoms with Gasteiger partial charge in [0, 0.05) is 31.6 Å². The average Bonchev–Trinajstić information content (AvgIpc) is 2.72. The van der Waals surface area contributed by atoms with E-state index in [9.17, 15) is 14.0 Å². The molecular formula is C24H26FN3O2. The van der Waals surface area contributed by atoms with Gasteiger partial charge in [-0.1, -0.05) is 25.0 Å². The molecule has 0 radical (unpaired) electrons. The maximum absolute atomic E-state index is 13.5. The number of aromatic nitrogens is 2. The van der Waals surface area contributed by atoms with Crippen molar-refractivity contribution >= 4 is 16.8 Å². The molecule has 4 rings (SSSR count). The molecule has 0 atom stereocenters. The predicted octanol–water partition coefficient (Wildman–Crippen LogP) is 4.31. The maximum atomic E-state index is 13.5. The van der Waals surface area contributed by atoms with E-state index in [1.807, 2.05) is 6.92 Å². The summed E-state index contributed by atoms with van der Waals surface area (Å²) in [6.07, 6.45) is 5.08. The van der Waals surface area contributed by atoms with Gasteiger partial charge in [-0.25, -0.2) is 9.37 Å². The highest BCUT2D eigenvalue weighted by atomic mass is 19.1. The number of rotatable bonds is 4. The van der Waals surface area contributed by atoms with Gasteiger partial charge in [0.1, 0.15) is 11.6 Å². The zero-order valence-corrected chi connectivity index (χ0v) is 17.2. The van der Waals surface area contributed by atoms with E-state index in [4.69, 9.17) is 4.98 Å². The van der Waals surface area contributed by atoms with Crippen LogP contribution in [0.25, 0.3) is 10.9 Å². The van der Waals surface area contributed by atoms with E-state index in [0.717, 1.165) is 43.5 Å². The van der Waals surface area contributed by atoms with Gasteiger partial charge < -0.3 is 4.90 Å². The summed E-state index contributed by atoms with van der Waals surface area (Å²) in [5.41, 5.74) is 1.77. The van der Waals surface area contributed by atoms with Crippen LogP contribution >= 0.6 is 0 Å². The minimum Gasteiger partial charge on any atom is -0.335 e. The number of aryl methyl sites for hydroxylation is 1. The molecule has 6 heteroatoms. The van der Waals surface area contributed by atoms with E-state index in [2.05, 4.69) is 0 Å². The number of carbonyl (C=O) groups excluding carboxylic acids is 1. The van der Waals surface area contributed by atoms with Crippen LogP contribution in [0.2, 0.25) is 0 Å². The maximum Gasteiger partial charge on any atom is 0.261 e. The standard InChI is InChI=1S/C24H26FN3O2/c1-2-27(16-17-8-7-9-19(25)14-17)23(29)18-11-12-20-21(15-18)26-22-10-5-3-4-6-13-28(22)24(20)30/h7-9,11-12,14-15H,2-6,10,13,16H2,1H3. The summed E-state index contributed by atoms with van der Waals surface area (Å²) in [4.78, 5) is 32.5. The third kappa shape index (κ3) is 4.13. The van der Waals surface area contributed by atoms with Crippen molar-refractivity contribution in [3.8, 4) is 0 Å². The molecule has 0 bridgehead atoms. The normalized spacial score (nSPS) is 14.1. The van der Waals surface area contributed by atoms with Crippen molar-refractivity contribution in [3.63, 3.8) is 0 Å². The van der Waals surface area contributed by atoms with Crippen LogP contribution < -0.4 is 5.56 Å². The first kappa shape index (κ1) is 20.3. The van der Waals surface area contributed by atoms with Crippen LogP contribution in [0.15, 0.2) is 47.3 Å². The molecule has 1 aromatic heterocycles. The number of amides is 1. The minimum absolute atomic E-state index is 0.0250. The van der Waals surface area contributed by atoms with Crippen molar-refractivity contribution < 1.29 is 9.18 Å². The van der Waals surface area contributed by atoms with Crippen LogP contribution in [0, 0.1) is 5.82 Å². The van der Waals surface area contributed by atoms with E-state index >= 15 is 0 Å². The zero-order chi connectivity index (χ0) is 21.1. The average molecular weight is 407 g/mol. The van der Waals surface area contributed by atoms with Crippen molar-refractivity contribution in [2.75, 3.05) is 6.54 Å². The second-order valence-corrected chi connectivity index (χ2v) is 7.83. The van der Waals surface area contributed by atoms with Crippen LogP contribution in [0.1, 0.15) is 54.4 Å². The zero-order valence-electron chi connectivity index (χ0n) is 17.2. The lowest BCUT2D eigenvalue weighted by Gasteiger charge is -2.21. The molecule has 0 saturated heterocycles. The molecule has 0 unspecified atom stereocenters. The molecule has 5 nitrogen and oxygen atoms in total. The molecule has 0 aliphatic carbocycles. The molecule has 0 N–H and O–H groups in total. The van der Waals surface area contributed by atoms with Gasteiger partial charge in [0.05, 0.1) is 10.9 Å². The van der Waals surface area contributed by atoms with Crippen LogP contribution in [-0.2, 0) is 19.5 Å². The van der Waals surface area contributed by atoms with Gasteiger partial charge >= 0.3 is 0 Å². The van der Waals surface area contributed by atoms with E-state index in [1.165, 1.54) is 12.1 Å². The van der Waals surface area contributed by atoms with E-state index in [-0.39, 0.29) is 17.3 Å². The van der Waals surface area contributed by atoms with Crippen LogP contribution in [0.3, 0.4) is 0 Å². The molecule has 0 fully saturated rings. The van der Waals surface area contributed by atoms with Gasteiger partial charge in [-0.05, 0) is 55.7 Å². The van der Waals surface area contributed by atoms with E-state index in [0.29, 0.717) is 36.1 Å². The molecule has 1 aliphatic heterocycles. The highest BCUT2D eigenvalue weighted by molar-refractivity contribution is 5.97. The number of halogens is 1. The first-order valence-electron chi connectivity index (χ1n) is 10.6. The fourth-order valence-corrected chi connectivity index (χ4v) is 4.09. The lowest BCUT2D eigenvalue weighted by atomic mass is 10.1. The fraction of sp³-hybridized carbons (Fsp3) is 0.375. The third-order valence-electron chi connectivity index (χ3n) is 5.74. The molecule has 30 heavy (non-hydrogen) atoms. The molecule has 0 spiro atoms. The quantitative estimate of drug-likeness (QED) is 0.647. The summed E-state index contributed by atoms with van der Waals surface area (Å²) in [6, 6.07) is 11.4. The Morgan fingerprint density at radius 2 is 1.97 bits per heavy atom. The van der Waals surface area contributed by atoms with Crippen molar-refractivity contribution in [1.29, 1.82) is 0 Å². The summed E-state index contributed by atoms with van der Waals surface area (Å²) in [5.74, 6) is 0.337. The van der Waals surface area contributed by atoms with Crippen LogP contribution in [0.5, 0.6) is 0 Å². The molecule has 3 aromatic rings. The summed E-state index contributed by atoms with van der Waals surface area (Å²) in [6.45, 7) is 3.42. The Kier molecular flexibility index (Phi) is 5.93. The summed E-state index contributed by atoms with van der Waals surface area (Å²) in [5, 5.41) is 0.545. The highest BCUT2D eigenvalue weighted by Gasteiger charge is 2.18. The number of hydrogen-bond acceptors (Lipinski definition) is 3. The predicted molar refractivity (Wildman–Crippen MR) is 115 cm³/mol. The van der Waals surface area contributed by atoms with Crippen molar-refractivity contribution in [2.24, 2.45) is 0 Å². The van der Waals surface area contributed by atoms with Crippen LogP contribution in [0.4, 0.5) is 4.39 Å².